The number of nitrogens with two attached hydrogens (primary N) is 1. The van der Waals surface area contributed by atoms with E-state index in [1.807, 2.05) is 18.2 Å². The maximum atomic E-state index is 11.5. The van der Waals surface area contributed by atoms with Gasteiger partial charge < -0.3 is 10.6 Å². The molecule has 0 aromatic heterocycles. The molecule has 8 heteroatoms. The van der Waals surface area contributed by atoms with Gasteiger partial charge in [0.05, 0.1) is 11.9 Å². The third kappa shape index (κ3) is 3.49. The highest BCUT2D eigenvalue weighted by atomic mass is 79.9. The topological polar surface area (TPSA) is 66.6 Å². The van der Waals surface area contributed by atoms with Crippen LogP contribution in [0.3, 0.4) is 0 Å². The van der Waals surface area contributed by atoms with Crippen LogP contribution in [0.2, 0.25) is 0 Å². The number of sulfonamides is 1. The molecule has 0 atom stereocenters. The molecular weight excluding hydrogens is 362 g/mol. The summed E-state index contributed by atoms with van der Waals surface area (Å²) in [4.78, 5) is 2.51. The van der Waals surface area contributed by atoms with E-state index in [1.54, 1.807) is 0 Å². The third-order valence-electron chi connectivity index (χ3n) is 3.28. The van der Waals surface area contributed by atoms with Crippen LogP contribution >= 0.6 is 28.1 Å². The number of thiocarbonyl (C=S) groups is 1. The first-order valence-corrected chi connectivity index (χ1v) is 9.13. The van der Waals surface area contributed by atoms with Crippen molar-refractivity contribution in [1.82, 2.24) is 4.31 Å². The van der Waals surface area contributed by atoms with Gasteiger partial charge in [-0.3, -0.25) is 0 Å². The van der Waals surface area contributed by atoms with Crippen molar-refractivity contribution in [3.8, 4) is 0 Å². The van der Waals surface area contributed by atoms with Gasteiger partial charge in [-0.05, 0) is 34.1 Å². The van der Waals surface area contributed by atoms with E-state index in [0.717, 1.165) is 15.7 Å². The monoisotopic (exact) mass is 377 g/mol. The third-order valence-corrected chi connectivity index (χ3v) is 5.45. The molecule has 0 aliphatic carbocycles. The molecule has 20 heavy (non-hydrogen) atoms. The molecule has 0 spiro atoms. The van der Waals surface area contributed by atoms with E-state index in [1.165, 1.54) is 10.6 Å². The Hall–Kier alpha value is -0.700. The number of piperazine rings is 1. The Labute approximate surface area is 132 Å². The van der Waals surface area contributed by atoms with Gasteiger partial charge in [0, 0.05) is 36.2 Å². The molecule has 0 bridgehead atoms. The van der Waals surface area contributed by atoms with E-state index in [2.05, 4.69) is 20.8 Å². The molecule has 0 amide bonds. The summed E-state index contributed by atoms with van der Waals surface area (Å²) in [6.07, 6.45) is 1.25. The molecule has 1 fully saturated rings. The Kier molecular flexibility index (Phi) is 4.68. The molecule has 110 valence electrons. The molecule has 2 N–H and O–H groups in total. The Morgan fingerprint density at radius 3 is 2.35 bits per heavy atom. The smallest absolute Gasteiger partial charge is 0.211 e. The lowest BCUT2D eigenvalue weighted by Gasteiger charge is -2.35. The van der Waals surface area contributed by atoms with Gasteiger partial charge >= 0.3 is 0 Å². The molecule has 1 aliphatic heterocycles. The van der Waals surface area contributed by atoms with Crippen LogP contribution in [-0.2, 0) is 10.0 Å². The fourth-order valence-corrected chi connectivity index (χ4v) is 3.76. The molecule has 1 aromatic carbocycles. The molecule has 0 unspecified atom stereocenters. The lowest BCUT2D eigenvalue weighted by Crippen LogP contribution is -2.48. The van der Waals surface area contributed by atoms with Crippen molar-refractivity contribution in [2.24, 2.45) is 5.73 Å². The quantitative estimate of drug-likeness (QED) is 0.800. The second-order valence-electron chi connectivity index (χ2n) is 4.68. The van der Waals surface area contributed by atoms with Gasteiger partial charge in [0.25, 0.3) is 0 Å². The largest absolute Gasteiger partial charge is 0.389 e. The van der Waals surface area contributed by atoms with Gasteiger partial charge in [-0.2, -0.15) is 4.31 Å². The summed E-state index contributed by atoms with van der Waals surface area (Å²) in [6, 6.07) is 5.72. The number of rotatable bonds is 3. The van der Waals surface area contributed by atoms with Crippen molar-refractivity contribution >= 4 is 48.8 Å². The number of anilines is 1. The molecular formula is C12H16BrN3O2S2. The summed E-state index contributed by atoms with van der Waals surface area (Å²) in [5.74, 6) is 0. The lowest BCUT2D eigenvalue weighted by atomic mass is 10.2. The van der Waals surface area contributed by atoms with Crippen molar-refractivity contribution in [1.29, 1.82) is 0 Å². The molecule has 5 nitrogen and oxygen atoms in total. The van der Waals surface area contributed by atoms with Gasteiger partial charge in [0.2, 0.25) is 10.0 Å². The van der Waals surface area contributed by atoms with Crippen LogP contribution in [0.5, 0.6) is 0 Å². The zero-order valence-electron chi connectivity index (χ0n) is 11.0. The van der Waals surface area contributed by atoms with Crippen molar-refractivity contribution in [2.75, 3.05) is 37.3 Å². The van der Waals surface area contributed by atoms with E-state index < -0.39 is 10.0 Å². The number of nitrogens with zero attached hydrogens (tertiary/aromatic N) is 2. The van der Waals surface area contributed by atoms with E-state index in [9.17, 15) is 8.42 Å². The molecule has 0 saturated carbocycles. The van der Waals surface area contributed by atoms with Gasteiger partial charge in [-0.25, -0.2) is 8.42 Å². The standard InChI is InChI=1S/C12H16BrN3O2S2/c1-20(17,18)16-6-4-15(5-7-16)11-3-2-9(12(14)19)8-10(11)13/h2-3,8H,4-7H2,1H3,(H2,14,19). The van der Waals surface area contributed by atoms with Crippen LogP contribution in [0.15, 0.2) is 22.7 Å². The summed E-state index contributed by atoms with van der Waals surface area (Å²) in [5.41, 5.74) is 7.44. The zero-order valence-corrected chi connectivity index (χ0v) is 14.3. The average molecular weight is 378 g/mol. The highest BCUT2D eigenvalue weighted by Gasteiger charge is 2.24. The fourth-order valence-electron chi connectivity index (χ4n) is 2.18. The maximum absolute atomic E-state index is 11.5. The Morgan fingerprint density at radius 2 is 1.90 bits per heavy atom. The summed E-state index contributed by atoms with van der Waals surface area (Å²) < 4.78 is 25.4. The van der Waals surface area contributed by atoms with Gasteiger partial charge in [-0.1, -0.05) is 12.2 Å². The molecule has 0 radical (unpaired) electrons. The van der Waals surface area contributed by atoms with Crippen molar-refractivity contribution in [3.63, 3.8) is 0 Å². The molecule has 1 saturated heterocycles. The van der Waals surface area contributed by atoms with Crippen molar-refractivity contribution in [2.45, 2.75) is 0 Å². The average Bonchev–Trinajstić information content (AvgIpc) is 2.37. The highest BCUT2D eigenvalue weighted by molar-refractivity contribution is 9.10. The normalized spacial score (nSPS) is 17.2. The number of hydrogen-bond donors (Lipinski definition) is 1. The molecule has 1 aliphatic rings. The molecule has 1 heterocycles. The van der Waals surface area contributed by atoms with Gasteiger partial charge in [0.15, 0.2) is 0 Å². The molecule has 2 rings (SSSR count). The van der Waals surface area contributed by atoms with E-state index in [0.29, 0.717) is 31.2 Å². The summed E-state index contributed by atoms with van der Waals surface area (Å²) in [6.45, 7) is 2.33. The number of benzene rings is 1. The van der Waals surface area contributed by atoms with Crippen LogP contribution in [-0.4, -0.2) is 50.1 Å². The van der Waals surface area contributed by atoms with Gasteiger partial charge in [0.1, 0.15) is 4.99 Å². The van der Waals surface area contributed by atoms with Crippen LogP contribution < -0.4 is 10.6 Å². The SMILES string of the molecule is CS(=O)(=O)N1CCN(c2ccc(C(N)=S)cc2Br)CC1. The lowest BCUT2D eigenvalue weighted by molar-refractivity contribution is 0.388. The predicted octanol–water partition coefficient (Wildman–Crippen LogP) is 1.16. The van der Waals surface area contributed by atoms with E-state index in [4.69, 9.17) is 18.0 Å². The number of hydrogen-bond acceptors (Lipinski definition) is 4. The van der Waals surface area contributed by atoms with Crippen LogP contribution in [0.25, 0.3) is 0 Å². The zero-order chi connectivity index (χ0) is 14.9. The maximum Gasteiger partial charge on any atom is 0.211 e. The fraction of sp³-hybridized carbons (Fsp3) is 0.417. The first-order chi connectivity index (χ1) is 9.29. The number of halogens is 1. The minimum Gasteiger partial charge on any atom is -0.389 e. The van der Waals surface area contributed by atoms with Crippen LogP contribution in [0.1, 0.15) is 5.56 Å². The second kappa shape index (κ2) is 5.97. The summed E-state index contributed by atoms with van der Waals surface area (Å²) in [5, 5.41) is 0. The molecule has 1 aromatic rings. The summed E-state index contributed by atoms with van der Waals surface area (Å²) in [7, 11) is -3.10. The van der Waals surface area contributed by atoms with Gasteiger partial charge in [-0.15, -0.1) is 0 Å². The van der Waals surface area contributed by atoms with Crippen LogP contribution in [0.4, 0.5) is 5.69 Å². The predicted molar refractivity (Wildman–Crippen MR) is 88.7 cm³/mol. The highest BCUT2D eigenvalue weighted by Crippen LogP contribution is 2.28. The second-order valence-corrected chi connectivity index (χ2v) is 7.96. The minimum absolute atomic E-state index is 0.360. The van der Waals surface area contributed by atoms with E-state index >= 15 is 0 Å². The van der Waals surface area contributed by atoms with Crippen LogP contribution in [0, 0.1) is 0 Å². The van der Waals surface area contributed by atoms with Crippen molar-refractivity contribution in [3.05, 3.63) is 28.2 Å². The first-order valence-electron chi connectivity index (χ1n) is 6.08. The Morgan fingerprint density at radius 1 is 1.30 bits per heavy atom. The Bertz CT molecular complexity index is 626. The minimum atomic E-state index is -3.10. The summed E-state index contributed by atoms with van der Waals surface area (Å²) >= 11 is 8.46. The van der Waals surface area contributed by atoms with E-state index in [-0.39, 0.29) is 0 Å². The first kappa shape index (κ1) is 15.7. The Balaban J connectivity index is 2.13. The van der Waals surface area contributed by atoms with Crippen molar-refractivity contribution < 1.29 is 8.42 Å².